The molecule has 1 saturated carbocycles. The number of rotatable bonds is 8. The van der Waals surface area contributed by atoms with Gasteiger partial charge < -0.3 is 21.1 Å². The maximum Gasteiger partial charge on any atom is 0.308 e. The average molecular weight is 335 g/mol. The third kappa shape index (κ3) is 4.10. The van der Waals surface area contributed by atoms with Crippen molar-refractivity contribution in [3.8, 4) is 0 Å². The van der Waals surface area contributed by atoms with Crippen LogP contribution in [0, 0.1) is 5.92 Å². The van der Waals surface area contributed by atoms with Crippen molar-refractivity contribution in [3.05, 3.63) is 24.3 Å². The van der Waals surface area contributed by atoms with Crippen LogP contribution in [0.25, 0.3) is 0 Å². The van der Waals surface area contributed by atoms with Gasteiger partial charge in [0.2, 0.25) is 5.91 Å². The van der Waals surface area contributed by atoms with Gasteiger partial charge in [0.05, 0.1) is 17.8 Å². The summed E-state index contributed by atoms with van der Waals surface area (Å²) in [5.74, 6) is 0.285. The third-order valence-electron chi connectivity index (χ3n) is 3.92. The van der Waals surface area contributed by atoms with E-state index in [1.165, 1.54) is 11.8 Å². The number of para-hydroxylation sites is 2. The molecule has 7 heteroatoms. The highest BCUT2D eigenvalue weighted by Gasteiger charge is 2.38. The van der Waals surface area contributed by atoms with Gasteiger partial charge in [-0.05, 0) is 37.1 Å². The quantitative estimate of drug-likeness (QED) is 0.545. The molecule has 23 heavy (non-hydrogen) atoms. The first kappa shape index (κ1) is 16.0. The van der Waals surface area contributed by atoms with Crippen molar-refractivity contribution in [1.29, 1.82) is 0 Å². The second kappa shape index (κ2) is 6.70. The zero-order valence-electron chi connectivity index (χ0n) is 12.8. The molecule has 1 aromatic carbocycles. The maximum absolute atomic E-state index is 11.6. The fraction of sp³-hybridized carbons (Fsp3) is 0.500. The van der Waals surface area contributed by atoms with E-state index in [-0.39, 0.29) is 18.2 Å². The molecule has 2 aliphatic rings. The van der Waals surface area contributed by atoms with E-state index in [0.717, 1.165) is 36.4 Å². The summed E-state index contributed by atoms with van der Waals surface area (Å²) in [4.78, 5) is 22.1. The Morgan fingerprint density at radius 2 is 1.91 bits per heavy atom. The van der Waals surface area contributed by atoms with Crippen molar-refractivity contribution in [2.75, 3.05) is 22.9 Å². The van der Waals surface area contributed by atoms with Crippen molar-refractivity contribution in [1.82, 2.24) is 5.32 Å². The maximum atomic E-state index is 11.6. The monoisotopic (exact) mass is 335 g/mol. The van der Waals surface area contributed by atoms with Crippen LogP contribution in [-0.4, -0.2) is 34.3 Å². The Bertz CT molecular complexity index is 579. The van der Waals surface area contributed by atoms with Crippen LogP contribution in [0.3, 0.4) is 0 Å². The summed E-state index contributed by atoms with van der Waals surface area (Å²) in [6.07, 6.45) is 2.80. The fourth-order valence-corrected chi connectivity index (χ4v) is 3.84. The van der Waals surface area contributed by atoms with Crippen LogP contribution in [0.15, 0.2) is 24.3 Å². The van der Waals surface area contributed by atoms with Gasteiger partial charge >= 0.3 is 5.97 Å². The van der Waals surface area contributed by atoms with Gasteiger partial charge in [-0.3, -0.25) is 9.59 Å². The summed E-state index contributed by atoms with van der Waals surface area (Å²) in [7, 11) is 0. The average Bonchev–Trinajstić information content (AvgIpc) is 3.28. The molecule has 0 bridgehead atoms. The van der Waals surface area contributed by atoms with E-state index in [4.69, 9.17) is 0 Å². The number of fused-ring (bicyclic) bond motifs is 1. The van der Waals surface area contributed by atoms with Gasteiger partial charge in [-0.15, -0.1) is 11.8 Å². The number of nitrogens with one attached hydrogen (secondary N) is 3. The summed E-state index contributed by atoms with van der Waals surface area (Å²) in [6.45, 7) is 0.637. The standard InChI is InChI=1S/C16H21N3O3S/c20-14(21)10-16(18-12-4-1-2-5-13(12)19-16)23-9-3-8-17-15(22)11-6-7-11/h1-2,4-5,11,18-19H,3,6-10H2,(H,17,22)(H,20,21). The molecule has 124 valence electrons. The fourth-order valence-electron chi connectivity index (χ4n) is 2.61. The van der Waals surface area contributed by atoms with Crippen molar-refractivity contribution in [2.24, 2.45) is 5.92 Å². The minimum atomic E-state index is -0.854. The van der Waals surface area contributed by atoms with Crippen LogP contribution in [0.2, 0.25) is 0 Å². The number of benzene rings is 1. The number of thioether (sulfide) groups is 1. The highest BCUT2D eigenvalue weighted by atomic mass is 32.2. The van der Waals surface area contributed by atoms with Gasteiger partial charge in [0.15, 0.2) is 4.99 Å². The van der Waals surface area contributed by atoms with E-state index in [1.54, 1.807) is 0 Å². The SMILES string of the molecule is O=C(O)CC1(SCCCNC(=O)C2CC2)Nc2ccccc2N1. The molecule has 0 saturated heterocycles. The number of carboxylic acid groups (broad SMARTS) is 1. The Morgan fingerprint density at radius 3 is 2.48 bits per heavy atom. The summed E-state index contributed by atoms with van der Waals surface area (Å²) in [5.41, 5.74) is 1.84. The normalized spacial score (nSPS) is 17.7. The Balaban J connectivity index is 1.50. The van der Waals surface area contributed by atoms with Crippen molar-refractivity contribution >= 4 is 35.0 Å². The van der Waals surface area contributed by atoms with E-state index < -0.39 is 11.0 Å². The molecule has 0 unspecified atom stereocenters. The first-order chi connectivity index (χ1) is 11.1. The minimum absolute atomic E-state index is 0.0270. The predicted octanol–water partition coefficient (Wildman–Crippen LogP) is 2.30. The number of aliphatic carboxylic acids is 1. The molecule has 1 aromatic rings. The first-order valence-corrected chi connectivity index (χ1v) is 8.85. The Labute approximate surface area is 139 Å². The molecule has 3 rings (SSSR count). The molecule has 1 heterocycles. The van der Waals surface area contributed by atoms with Gasteiger partial charge in [0.25, 0.3) is 0 Å². The second-order valence-electron chi connectivity index (χ2n) is 5.96. The van der Waals surface area contributed by atoms with Crippen LogP contribution in [0.4, 0.5) is 11.4 Å². The number of carbonyl (C=O) groups excluding carboxylic acids is 1. The lowest BCUT2D eigenvalue weighted by molar-refractivity contribution is -0.137. The second-order valence-corrected chi connectivity index (χ2v) is 7.35. The van der Waals surface area contributed by atoms with Crippen LogP contribution < -0.4 is 16.0 Å². The molecule has 0 radical (unpaired) electrons. The van der Waals surface area contributed by atoms with Crippen LogP contribution in [-0.2, 0) is 9.59 Å². The Morgan fingerprint density at radius 1 is 1.26 bits per heavy atom. The third-order valence-corrected chi connectivity index (χ3v) is 5.25. The van der Waals surface area contributed by atoms with E-state index >= 15 is 0 Å². The van der Waals surface area contributed by atoms with Crippen molar-refractivity contribution in [3.63, 3.8) is 0 Å². The van der Waals surface area contributed by atoms with Gasteiger partial charge in [-0.1, -0.05) is 12.1 Å². The van der Waals surface area contributed by atoms with Crippen LogP contribution in [0.1, 0.15) is 25.7 Å². The number of amides is 1. The molecule has 0 atom stereocenters. The van der Waals surface area contributed by atoms with E-state index in [2.05, 4.69) is 16.0 Å². The van der Waals surface area contributed by atoms with Crippen LogP contribution >= 0.6 is 11.8 Å². The van der Waals surface area contributed by atoms with Gasteiger partial charge in [0.1, 0.15) is 0 Å². The van der Waals surface area contributed by atoms with E-state index in [0.29, 0.717) is 6.54 Å². The lowest BCUT2D eigenvalue weighted by atomic mass is 10.3. The Kier molecular flexibility index (Phi) is 4.66. The number of anilines is 2. The minimum Gasteiger partial charge on any atom is -0.481 e. The lowest BCUT2D eigenvalue weighted by Gasteiger charge is -2.28. The molecule has 0 spiro atoms. The highest BCUT2D eigenvalue weighted by Crippen LogP contribution is 2.41. The highest BCUT2D eigenvalue weighted by molar-refractivity contribution is 8.00. The molecule has 1 fully saturated rings. The zero-order valence-corrected chi connectivity index (χ0v) is 13.6. The molecule has 1 amide bonds. The number of hydrogen-bond donors (Lipinski definition) is 4. The van der Waals surface area contributed by atoms with Crippen LogP contribution in [0.5, 0.6) is 0 Å². The number of hydrogen-bond acceptors (Lipinski definition) is 5. The summed E-state index contributed by atoms with van der Waals surface area (Å²) >= 11 is 1.54. The van der Waals surface area contributed by atoms with Gasteiger partial charge in [-0.2, -0.15) is 0 Å². The van der Waals surface area contributed by atoms with Gasteiger partial charge in [-0.25, -0.2) is 0 Å². The summed E-state index contributed by atoms with van der Waals surface area (Å²) in [5, 5.41) is 18.7. The predicted molar refractivity (Wildman–Crippen MR) is 91.5 cm³/mol. The Hall–Kier alpha value is -1.89. The van der Waals surface area contributed by atoms with Crippen molar-refractivity contribution < 1.29 is 14.7 Å². The number of carboxylic acids is 1. The van der Waals surface area contributed by atoms with Gasteiger partial charge in [0, 0.05) is 12.5 Å². The van der Waals surface area contributed by atoms with Crippen molar-refractivity contribution in [2.45, 2.75) is 30.7 Å². The molecular formula is C16H21N3O3S. The zero-order chi connectivity index (χ0) is 16.3. The van der Waals surface area contributed by atoms with E-state index in [9.17, 15) is 14.7 Å². The molecule has 1 aliphatic carbocycles. The molecular weight excluding hydrogens is 314 g/mol. The molecule has 1 aliphatic heterocycles. The van der Waals surface area contributed by atoms with E-state index in [1.807, 2.05) is 24.3 Å². The number of carbonyl (C=O) groups is 2. The summed E-state index contributed by atoms with van der Waals surface area (Å²) < 4.78 is 0. The smallest absolute Gasteiger partial charge is 0.308 e. The molecule has 4 N–H and O–H groups in total. The summed E-state index contributed by atoms with van der Waals surface area (Å²) in [6, 6.07) is 7.70. The molecule has 0 aromatic heterocycles. The lowest BCUT2D eigenvalue weighted by Crippen LogP contribution is -2.41. The first-order valence-electron chi connectivity index (χ1n) is 7.87. The largest absolute Gasteiger partial charge is 0.481 e. The molecule has 6 nitrogen and oxygen atoms in total. The topological polar surface area (TPSA) is 90.5 Å².